The summed E-state index contributed by atoms with van der Waals surface area (Å²) in [5.41, 5.74) is 5.39. The lowest BCUT2D eigenvalue weighted by Gasteiger charge is -2.43. The second kappa shape index (κ2) is 12.5. The fourth-order valence-electron chi connectivity index (χ4n) is 3.58. The van der Waals surface area contributed by atoms with Crippen LogP contribution in [0.3, 0.4) is 0 Å². The maximum absolute atomic E-state index is 12.6. The van der Waals surface area contributed by atoms with Gasteiger partial charge in [-0.2, -0.15) is 0 Å². The molecule has 1 aliphatic rings. The molecule has 1 rings (SSSR count). The molecule has 2 amide bonds. The molecule has 160 valence electrons. The van der Waals surface area contributed by atoms with Gasteiger partial charge >= 0.3 is 0 Å². The van der Waals surface area contributed by atoms with Crippen molar-refractivity contribution in [3.05, 3.63) is 12.3 Å². The molecule has 0 aromatic carbocycles. The zero-order valence-electron chi connectivity index (χ0n) is 18.0. The first kappa shape index (κ1) is 24.1. The van der Waals surface area contributed by atoms with Gasteiger partial charge in [-0.25, -0.2) is 5.06 Å². The van der Waals surface area contributed by atoms with Gasteiger partial charge in [0, 0.05) is 26.6 Å². The zero-order chi connectivity index (χ0) is 21.1. The standard InChI is InChI=1S/C20H37N5O3/c1-6-15(3)12-17-8-9-18(25(16(4)26)28-7-2)13-24(17)14-20(27)23-19(22-5)10-11-21/h10-11,15,17-18H,6-9,12-14,21H2,1-5H3,(H,22,23,27)/b11-10-/t15?,17-,18+/m0/s1. The number of nitrogens with one attached hydrogen (secondary N) is 1. The van der Waals surface area contributed by atoms with Gasteiger partial charge in [-0.1, -0.05) is 20.3 Å². The number of carbonyl (C=O) groups is 2. The average molecular weight is 396 g/mol. The van der Waals surface area contributed by atoms with Crippen molar-refractivity contribution in [1.82, 2.24) is 15.3 Å². The molecule has 0 radical (unpaired) electrons. The van der Waals surface area contributed by atoms with E-state index in [-0.39, 0.29) is 24.4 Å². The largest absolute Gasteiger partial charge is 0.404 e. The number of hydrogen-bond acceptors (Lipinski definition) is 6. The van der Waals surface area contributed by atoms with E-state index in [1.807, 2.05) is 6.92 Å². The van der Waals surface area contributed by atoms with Gasteiger partial charge in [-0.3, -0.25) is 24.3 Å². The van der Waals surface area contributed by atoms with Crippen LogP contribution in [0.1, 0.15) is 53.4 Å². The maximum atomic E-state index is 12.6. The lowest BCUT2D eigenvalue weighted by atomic mass is 9.90. The molecule has 1 unspecified atom stereocenters. The molecule has 1 aliphatic heterocycles. The van der Waals surface area contributed by atoms with Crippen molar-refractivity contribution in [2.24, 2.45) is 16.6 Å². The summed E-state index contributed by atoms with van der Waals surface area (Å²) in [5.74, 6) is 0.763. The van der Waals surface area contributed by atoms with E-state index in [4.69, 9.17) is 10.6 Å². The molecule has 3 atom stereocenters. The monoisotopic (exact) mass is 395 g/mol. The number of likely N-dealkylation sites (tertiary alicyclic amines) is 1. The topological polar surface area (TPSA) is 100 Å². The fourth-order valence-corrected chi connectivity index (χ4v) is 3.58. The van der Waals surface area contributed by atoms with Crippen molar-refractivity contribution in [3.8, 4) is 0 Å². The number of amides is 2. The summed E-state index contributed by atoms with van der Waals surface area (Å²) < 4.78 is 0. The van der Waals surface area contributed by atoms with E-state index >= 15 is 0 Å². The third-order valence-corrected chi connectivity index (χ3v) is 5.19. The van der Waals surface area contributed by atoms with E-state index in [2.05, 4.69) is 29.1 Å². The van der Waals surface area contributed by atoms with E-state index in [1.54, 1.807) is 13.1 Å². The van der Waals surface area contributed by atoms with Crippen molar-refractivity contribution in [3.63, 3.8) is 0 Å². The number of amidine groups is 1. The Kier molecular flexibility index (Phi) is 10.8. The highest BCUT2D eigenvalue weighted by molar-refractivity contribution is 6.04. The molecule has 8 heteroatoms. The Hall–Kier alpha value is -1.93. The van der Waals surface area contributed by atoms with Crippen molar-refractivity contribution in [1.29, 1.82) is 0 Å². The number of piperidine rings is 1. The molecule has 3 N–H and O–H groups in total. The molecule has 0 aliphatic carbocycles. The number of hydrogen-bond donors (Lipinski definition) is 2. The number of nitrogens with two attached hydrogens (primary N) is 1. The first-order chi connectivity index (χ1) is 13.4. The lowest BCUT2D eigenvalue weighted by molar-refractivity contribution is -0.203. The number of hydroxylamine groups is 2. The van der Waals surface area contributed by atoms with E-state index in [1.165, 1.54) is 18.2 Å². The number of carbonyl (C=O) groups excluding carboxylic acids is 2. The van der Waals surface area contributed by atoms with Crippen LogP contribution < -0.4 is 11.1 Å². The normalized spacial score (nSPS) is 22.2. The summed E-state index contributed by atoms with van der Waals surface area (Å²) in [6, 6.07) is 0.251. The van der Waals surface area contributed by atoms with E-state index < -0.39 is 0 Å². The van der Waals surface area contributed by atoms with Crippen molar-refractivity contribution < 1.29 is 14.4 Å². The Morgan fingerprint density at radius 2 is 2.11 bits per heavy atom. The minimum Gasteiger partial charge on any atom is -0.404 e. The van der Waals surface area contributed by atoms with Crippen molar-refractivity contribution in [2.45, 2.75) is 65.5 Å². The van der Waals surface area contributed by atoms with E-state index in [0.29, 0.717) is 30.9 Å². The van der Waals surface area contributed by atoms with Crippen LogP contribution in [0.5, 0.6) is 0 Å². The molecule has 0 aromatic rings. The average Bonchev–Trinajstić information content (AvgIpc) is 2.66. The van der Waals surface area contributed by atoms with Gasteiger partial charge in [0.25, 0.3) is 0 Å². The van der Waals surface area contributed by atoms with Gasteiger partial charge in [-0.15, -0.1) is 0 Å². The highest BCUT2D eigenvalue weighted by Gasteiger charge is 2.34. The minimum atomic E-state index is -0.140. The van der Waals surface area contributed by atoms with Crippen LogP contribution in [0.4, 0.5) is 0 Å². The van der Waals surface area contributed by atoms with Crippen LogP contribution >= 0.6 is 0 Å². The van der Waals surface area contributed by atoms with Crippen LogP contribution in [-0.2, 0) is 14.4 Å². The van der Waals surface area contributed by atoms with Crippen LogP contribution in [-0.4, -0.2) is 66.4 Å². The summed E-state index contributed by atoms with van der Waals surface area (Å²) in [6.45, 7) is 9.09. The molecule has 0 spiro atoms. The van der Waals surface area contributed by atoms with Gasteiger partial charge < -0.3 is 11.1 Å². The summed E-state index contributed by atoms with van der Waals surface area (Å²) in [6.07, 6.45) is 6.83. The Labute approximate surface area is 169 Å². The first-order valence-electron chi connectivity index (χ1n) is 10.2. The van der Waals surface area contributed by atoms with Gasteiger partial charge in [0.2, 0.25) is 11.8 Å². The Morgan fingerprint density at radius 1 is 1.39 bits per heavy atom. The van der Waals surface area contributed by atoms with Gasteiger partial charge in [0.05, 0.1) is 19.2 Å². The molecule has 0 saturated carbocycles. The predicted molar refractivity (Wildman–Crippen MR) is 111 cm³/mol. The summed E-state index contributed by atoms with van der Waals surface area (Å²) in [7, 11) is 1.60. The van der Waals surface area contributed by atoms with Crippen molar-refractivity contribution in [2.75, 3.05) is 26.7 Å². The highest BCUT2D eigenvalue weighted by atomic mass is 16.7. The first-order valence-corrected chi connectivity index (χ1v) is 10.2. The number of aliphatic imine (C=N–C) groups is 1. The Bertz CT molecular complexity index is 564. The SMILES string of the molecule is CCON(C(C)=O)[C@@H]1CC[C@@H](CC(C)CC)N(CC(=O)NC(/C=C\N)=NC)C1. The van der Waals surface area contributed by atoms with Gasteiger partial charge in [0.1, 0.15) is 5.84 Å². The molecular formula is C20H37N5O3. The maximum Gasteiger partial charge on any atom is 0.243 e. The Balaban J connectivity index is 2.89. The second-order valence-electron chi connectivity index (χ2n) is 7.34. The quantitative estimate of drug-likeness (QED) is 0.351. The Morgan fingerprint density at radius 3 is 2.64 bits per heavy atom. The molecule has 1 heterocycles. The molecule has 1 saturated heterocycles. The summed E-state index contributed by atoms with van der Waals surface area (Å²) in [4.78, 5) is 36.3. The van der Waals surface area contributed by atoms with Crippen molar-refractivity contribution >= 4 is 17.6 Å². The van der Waals surface area contributed by atoms with Crippen LogP contribution in [0, 0.1) is 5.92 Å². The fraction of sp³-hybridized carbons (Fsp3) is 0.750. The molecule has 0 bridgehead atoms. The smallest absolute Gasteiger partial charge is 0.243 e. The highest BCUT2D eigenvalue weighted by Crippen LogP contribution is 2.26. The third-order valence-electron chi connectivity index (χ3n) is 5.19. The van der Waals surface area contributed by atoms with Gasteiger partial charge in [0.15, 0.2) is 0 Å². The van der Waals surface area contributed by atoms with Crippen LogP contribution in [0.2, 0.25) is 0 Å². The van der Waals surface area contributed by atoms with Gasteiger partial charge in [-0.05, 0) is 44.4 Å². The third kappa shape index (κ3) is 7.59. The zero-order valence-corrected chi connectivity index (χ0v) is 18.0. The molecule has 0 aromatic heterocycles. The molecular weight excluding hydrogens is 358 g/mol. The lowest BCUT2D eigenvalue weighted by Crippen LogP contribution is -2.55. The number of rotatable bonds is 9. The number of nitrogens with zero attached hydrogens (tertiary/aromatic N) is 3. The minimum absolute atomic E-state index is 0.0540. The van der Waals surface area contributed by atoms with E-state index in [9.17, 15) is 9.59 Å². The van der Waals surface area contributed by atoms with Crippen LogP contribution in [0.25, 0.3) is 0 Å². The summed E-state index contributed by atoms with van der Waals surface area (Å²) >= 11 is 0. The summed E-state index contributed by atoms with van der Waals surface area (Å²) in [5, 5.41) is 4.26. The predicted octanol–water partition coefficient (Wildman–Crippen LogP) is 1.67. The van der Waals surface area contributed by atoms with E-state index in [0.717, 1.165) is 25.7 Å². The molecule has 1 fully saturated rings. The second-order valence-corrected chi connectivity index (χ2v) is 7.34. The molecule has 28 heavy (non-hydrogen) atoms. The molecule has 8 nitrogen and oxygen atoms in total. The van der Waals surface area contributed by atoms with Crippen LogP contribution in [0.15, 0.2) is 17.3 Å².